The standard InChI is InChI=1S/C14H16Br2FN3O/c1-18-13(10-7-9(17)3-4-11(10)15)14-12(16)8-19-20(14)5-6-21-2/h3-4,7-8,13,18H,5-6H2,1-2H3. The fourth-order valence-electron chi connectivity index (χ4n) is 2.19. The first-order valence-electron chi connectivity index (χ1n) is 6.40. The van der Waals surface area contributed by atoms with Crippen LogP contribution < -0.4 is 5.32 Å². The van der Waals surface area contributed by atoms with E-state index in [0.717, 1.165) is 20.2 Å². The van der Waals surface area contributed by atoms with Gasteiger partial charge in [-0.1, -0.05) is 15.9 Å². The zero-order chi connectivity index (χ0) is 15.4. The van der Waals surface area contributed by atoms with Crippen molar-refractivity contribution in [2.75, 3.05) is 20.8 Å². The van der Waals surface area contributed by atoms with Crippen LogP contribution in [-0.2, 0) is 11.3 Å². The quantitative estimate of drug-likeness (QED) is 0.777. The topological polar surface area (TPSA) is 39.1 Å². The van der Waals surface area contributed by atoms with E-state index in [1.807, 2.05) is 11.7 Å². The number of halogens is 3. The lowest BCUT2D eigenvalue weighted by atomic mass is 10.0. The van der Waals surface area contributed by atoms with Gasteiger partial charge in [-0.2, -0.15) is 5.10 Å². The molecule has 7 heteroatoms. The minimum atomic E-state index is -0.271. The molecule has 0 saturated carbocycles. The molecule has 1 heterocycles. The van der Waals surface area contributed by atoms with E-state index >= 15 is 0 Å². The fraction of sp³-hybridized carbons (Fsp3) is 0.357. The van der Waals surface area contributed by atoms with Gasteiger partial charge in [-0.25, -0.2) is 4.39 Å². The molecule has 1 N–H and O–H groups in total. The van der Waals surface area contributed by atoms with Crippen LogP contribution in [0.15, 0.2) is 33.3 Å². The van der Waals surface area contributed by atoms with E-state index in [0.29, 0.717) is 13.2 Å². The summed E-state index contributed by atoms with van der Waals surface area (Å²) in [4.78, 5) is 0. The smallest absolute Gasteiger partial charge is 0.123 e. The molecule has 0 radical (unpaired) electrons. The number of methoxy groups -OCH3 is 1. The monoisotopic (exact) mass is 419 g/mol. The molecule has 0 spiro atoms. The molecule has 1 atom stereocenters. The van der Waals surface area contributed by atoms with Crippen LogP contribution in [0.3, 0.4) is 0 Å². The maximum absolute atomic E-state index is 13.6. The van der Waals surface area contributed by atoms with Crippen LogP contribution >= 0.6 is 31.9 Å². The summed E-state index contributed by atoms with van der Waals surface area (Å²) in [6.07, 6.45) is 1.74. The average Bonchev–Trinajstić information content (AvgIpc) is 2.83. The maximum Gasteiger partial charge on any atom is 0.123 e. The molecule has 1 aromatic carbocycles. The highest BCUT2D eigenvalue weighted by molar-refractivity contribution is 9.10. The van der Waals surface area contributed by atoms with Crippen LogP contribution in [0.25, 0.3) is 0 Å². The van der Waals surface area contributed by atoms with E-state index in [4.69, 9.17) is 4.74 Å². The molecule has 21 heavy (non-hydrogen) atoms. The molecule has 0 bridgehead atoms. The van der Waals surface area contributed by atoms with Crippen LogP contribution in [0.5, 0.6) is 0 Å². The van der Waals surface area contributed by atoms with Gasteiger partial charge in [-0.3, -0.25) is 4.68 Å². The number of hydrogen-bond acceptors (Lipinski definition) is 3. The van der Waals surface area contributed by atoms with Gasteiger partial charge in [0.25, 0.3) is 0 Å². The van der Waals surface area contributed by atoms with Gasteiger partial charge in [0.05, 0.1) is 35.6 Å². The SMILES string of the molecule is CNC(c1cc(F)ccc1Br)c1c(Br)cnn1CCOC. The minimum absolute atomic E-state index is 0.191. The first kappa shape index (κ1) is 16.6. The normalized spacial score (nSPS) is 12.6. The molecular formula is C14H16Br2FN3O. The summed E-state index contributed by atoms with van der Waals surface area (Å²) in [6.45, 7) is 1.18. The summed E-state index contributed by atoms with van der Waals surface area (Å²) in [7, 11) is 3.49. The first-order valence-corrected chi connectivity index (χ1v) is 7.99. The van der Waals surface area contributed by atoms with Crippen molar-refractivity contribution < 1.29 is 9.13 Å². The Morgan fingerprint density at radius 2 is 2.14 bits per heavy atom. The summed E-state index contributed by atoms with van der Waals surface area (Å²) in [6, 6.07) is 4.46. The van der Waals surface area contributed by atoms with Crippen molar-refractivity contribution in [3.8, 4) is 0 Å². The summed E-state index contributed by atoms with van der Waals surface area (Å²) in [5, 5.41) is 7.56. The van der Waals surface area contributed by atoms with Gasteiger partial charge in [0, 0.05) is 11.6 Å². The second-order valence-electron chi connectivity index (χ2n) is 4.48. The Morgan fingerprint density at radius 1 is 1.38 bits per heavy atom. The second kappa shape index (κ2) is 7.49. The number of rotatable bonds is 6. The Labute approximate surface area is 139 Å². The maximum atomic E-state index is 13.6. The summed E-state index contributed by atoms with van der Waals surface area (Å²) < 4.78 is 22.3. The number of nitrogens with one attached hydrogen (secondary N) is 1. The summed E-state index contributed by atoms with van der Waals surface area (Å²) in [5.74, 6) is -0.271. The highest BCUT2D eigenvalue weighted by Gasteiger charge is 2.22. The van der Waals surface area contributed by atoms with Gasteiger partial charge in [-0.15, -0.1) is 0 Å². The number of nitrogens with zero attached hydrogens (tertiary/aromatic N) is 2. The Hall–Kier alpha value is -0.760. The zero-order valence-electron chi connectivity index (χ0n) is 11.7. The van der Waals surface area contributed by atoms with Crippen molar-refractivity contribution in [1.82, 2.24) is 15.1 Å². The lowest BCUT2D eigenvalue weighted by molar-refractivity contribution is 0.182. The van der Waals surface area contributed by atoms with E-state index in [2.05, 4.69) is 42.3 Å². The van der Waals surface area contributed by atoms with Crippen LogP contribution in [0, 0.1) is 5.82 Å². The molecule has 2 aromatic rings. The number of aromatic nitrogens is 2. The van der Waals surface area contributed by atoms with Gasteiger partial charge in [0.15, 0.2) is 0 Å². The van der Waals surface area contributed by atoms with Crippen LogP contribution in [0.2, 0.25) is 0 Å². The zero-order valence-corrected chi connectivity index (χ0v) is 14.9. The first-order chi connectivity index (χ1) is 10.1. The predicted molar refractivity (Wildman–Crippen MR) is 86.8 cm³/mol. The van der Waals surface area contributed by atoms with Gasteiger partial charge >= 0.3 is 0 Å². The summed E-state index contributed by atoms with van der Waals surface area (Å²) >= 11 is 7.00. The molecule has 2 rings (SSSR count). The van der Waals surface area contributed by atoms with Crippen molar-refractivity contribution >= 4 is 31.9 Å². The van der Waals surface area contributed by atoms with Gasteiger partial charge < -0.3 is 10.1 Å². The predicted octanol–water partition coefficient (Wildman–Crippen LogP) is 3.50. The van der Waals surface area contributed by atoms with E-state index in [1.54, 1.807) is 19.4 Å². The van der Waals surface area contributed by atoms with Gasteiger partial charge in [0.2, 0.25) is 0 Å². The Balaban J connectivity index is 2.46. The molecule has 0 aliphatic carbocycles. The molecule has 1 unspecified atom stereocenters. The molecule has 0 saturated heterocycles. The highest BCUT2D eigenvalue weighted by Crippen LogP contribution is 2.32. The second-order valence-corrected chi connectivity index (χ2v) is 6.19. The van der Waals surface area contributed by atoms with Crippen molar-refractivity contribution in [3.63, 3.8) is 0 Å². The molecule has 0 amide bonds. The van der Waals surface area contributed by atoms with Crippen molar-refractivity contribution in [2.24, 2.45) is 0 Å². The number of benzene rings is 1. The Kier molecular flexibility index (Phi) is 5.92. The largest absolute Gasteiger partial charge is 0.383 e. The molecule has 114 valence electrons. The van der Waals surface area contributed by atoms with E-state index in [1.165, 1.54) is 12.1 Å². The van der Waals surface area contributed by atoms with E-state index in [9.17, 15) is 4.39 Å². The lowest BCUT2D eigenvalue weighted by Crippen LogP contribution is -2.23. The van der Waals surface area contributed by atoms with Crippen molar-refractivity contribution in [2.45, 2.75) is 12.6 Å². The third-order valence-corrected chi connectivity index (χ3v) is 4.50. The van der Waals surface area contributed by atoms with Crippen molar-refractivity contribution in [3.05, 3.63) is 50.4 Å². The van der Waals surface area contributed by atoms with Gasteiger partial charge in [-0.05, 0) is 46.7 Å². The van der Waals surface area contributed by atoms with E-state index in [-0.39, 0.29) is 11.9 Å². The lowest BCUT2D eigenvalue weighted by Gasteiger charge is -2.20. The van der Waals surface area contributed by atoms with Crippen LogP contribution in [0.1, 0.15) is 17.3 Å². The van der Waals surface area contributed by atoms with Gasteiger partial charge in [0.1, 0.15) is 5.82 Å². The third kappa shape index (κ3) is 3.71. The third-order valence-electron chi connectivity index (χ3n) is 3.17. The van der Waals surface area contributed by atoms with Crippen LogP contribution in [-0.4, -0.2) is 30.5 Å². The number of hydrogen-bond donors (Lipinski definition) is 1. The van der Waals surface area contributed by atoms with Crippen LogP contribution in [0.4, 0.5) is 4.39 Å². The highest BCUT2D eigenvalue weighted by atomic mass is 79.9. The van der Waals surface area contributed by atoms with E-state index < -0.39 is 0 Å². The van der Waals surface area contributed by atoms with Crippen molar-refractivity contribution in [1.29, 1.82) is 0 Å². The number of ether oxygens (including phenoxy) is 1. The molecule has 4 nitrogen and oxygen atoms in total. The fourth-order valence-corrected chi connectivity index (χ4v) is 3.19. The Morgan fingerprint density at radius 3 is 2.81 bits per heavy atom. The molecule has 0 aliphatic heterocycles. The molecular weight excluding hydrogens is 405 g/mol. The Bertz CT molecular complexity index is 618. The minimum Gasteiger partial charge on any atom is -0.383 e. The molecule has 0 aliphatic rings. The average molecular weight is 421 g/mol. The molecule has 1 aromatic heterocycles. The molecule has 0 fully saturated rings. The summed E-state index contributed by atoms with van der Waals surface area (Å²) in [5.41, 5.74) is 1.75.